The Hall–Kier alpha value is -2.22. The van der Waals surface area contributed by atoms with Crippen molar-refractivity contribution >= 4 is 0 Å². The first-order valence-electron chi connectivity index (χ1n) is 8.92. The molecule has 2 unspecified atom stereocenters. The van der Waals surface area contributed by atoms with Gasteiger partial charge in [-0.05, 0) is 57.0 Å². The third-order valence-electron chi connectivity index (χ3n) is 5.71. The van der Waals surface area contributed by atoms with Gasteiger partial charge in [0.1, 0.15) is 11.6 Å². The van der Waals surface area contributed by atoms with Crippen molar-refractivity contribution in [3.63, 3.8) is 0 Å². The average Bonchev–Trinajstić information content (AvgIpc) is 2.63. The summed E-state index contributed by atoms with van der Waals surface area (Å²) in [4.78, 5) is 11.4. The number of hydrogen-bond donors (Lipinski definition) is 1. The first-order chi connectivity index (χ1) is 12.1. The molecular weight excluding hydrogens is 310 g/mol. The molecule has 3 fully saturated rings. The van der Waals surface area contributed by atoms with Gasteiger partial charge in [-0.3, -0.25) is 14.9 Å². The Morgan fingerprint density at radius 1 is 1.28 bits per heavy atom. The van der Waals surface area contributed by atoms with Gasteiger partial charge in [-0.25, -0.2) is 0 Å². The summed E-state index contributed by atoms with van der Waals surface area (Å²) in [5.41, 5.74) is 2.62. The maximum absolute atomic E-state index is 11.8. The number of aryl methyl sites for hydroxylation is 1. The van der Waals surface area contributed by atoms with Gasteiger partial charge in [-0.1, -0.05) is 18.1 Å². The molecule has 5 rings (SSSR count). The molecule has 2 aromatic rings. The quantitative estimate of drug-likeness (QED) is 0.876. The molecule has 5 heterocycles. The van der Waals surface area contributed by atoms with Gasteiger partial charge in [-0.15, -0.1) is 6.42 Å². The third kappa shape index (κ3) is 2.64. The number of nitrogens with zero attached hydrogens (tertiary/aromatic N) is 3. The highest BCUT2D eigenvalue weighted by Crippen LogP contribution is 2.47. The molecule has 25 heavy (non-hydrogen) atoms. The normalized spacial score (nSPS) is 30.8. The van der Waals surface area contributed by atoms with Gasteiger partial charge in [-0.2, -0.15) is 0 Å². The van der Waals surface area contributed by atoms with E-state index in [1.54, 1.807) is 6.20 Å². The monoisotopic (exact) mass is 333 g/mol. The maximum atomic E-state index is 11.8. The lowest BCUT2D eigenvalue weighted by Crippen LogP contribution is -2.63. The fourth-order valence-electron chi connectivity index (χ4n) is 4.48. The van der Waals surface area contributed by atoms with Crippen LogP contribution in [0, 0.1) is 25.2 Å². The molecular formula is C21H23N3O. The summed E-state index contributed by atoms with van der Waals surface area (Å²) in [5, 5.41) is 11.8. The van der Waals surface area contributed by atoms with Crippen molar-refractivity contribution in [2.24, 2.45) is 5.92 Å². The first-order valence-corrected chi connectivity index (χ1v) is 8.92. The van der Waals surface area contributed by atoms with E-state index in [0.29, 0.717) is 6.42 Å². The zero-order valence-corrected chi connectivity index (χ0v) is 14.5. The summed E-state index contributed by atoms with van der Waals surface area (Å²) in [7, 11) is 0. The van der Waals surface area contributed by atoms with Crippen LogP contribution in [-0.2, 0) is 12.0 Å². The van der Waals surface area contributed by atoms with Gasteiger partial charge in [0.05, 0.1) is 5.69 Å². The second-order valence-electron chi connectivity index (χ2n) is 7.15. The van der Waals surface area contributed by atoms with E-state index in [2.05, 4.69) is 15.8 Å². The average molecular weight is 333 g/mol. The predicted octanol–water partition coefficient (Wildman–Crippen LogP) is 2.29. The number of hydrogen-bond acceptors (Lipinski definition) is 4. The fourth-order valence-corrected chi connectivity index (χ4v) is 4.48. The third-order valence-corrected chi connectivity index (χ3v) is 5.71. The van der Waals surface area contributed by atoms with Gasteiger partial charge in [0.2, 0.25) is 0 Å². The number of fused-ring (bicyclic) bond motifs is 3. The highest BCUT2D eigenvalue weighted by molar-refractivity contribution is 5.37. The van der Waals surface area contributed by atoms with Crippen molar-refractivity contribution in [1.82, 2.24) is 14.9 Å². The van der Waals surface area contributed by atoms with E-state index in [9.17, 15) is 5.11 Å². The molecule has 3 aliphatic rings. The molecule has 4 nitrogen and oxygen atoms in total. The molecule has 4 heteroatoms. The number of terminal acetylenes is 1. The molecule has 0 aromatic carbocycles. The second kappa shape index (κ2) is 6.25. The van der Waals surface area contributed by atoms with E-state index < -0.39 is 5.60 Å². The molecule has 0 amide bonds. The van der Waals surface area contributed by atoms with Crippen LogP contribution in [0.1, 0.15) is 35.5 Å². The highest BCUT2D eigenvalue weighted by atomic mass is 16.3. The van der Waals surface area contributed by atoms with Crippen molar-refractivity contribution in [2.45, 2.75) is 37.8 Å². The molecule has 0 saturated carbocycles. The van der Waals surface area contributed by atoms with Crippen molar-refractivity contribution in [2.75, 3.05) is 13.1 Å². The van der Waals surface area contributed by atoms with Crippen molar-refractivity contribution in [3.05, 3.63) is 59.2 Å². The summed E-state index contributed by atoms with van der Waals surface area (Å²) < 4.78 is 0. The molecule has 128 valence electrons. The van der Waals surface area contributed by atoms with E-state index >= 15 is 0 Å². The zero-order chi connectivity index (χ0) is 17.4. The Labute approximate surface area is 148 Å². The minimum Gasteiger partial charge on any atom is -0.382 e. The molecule has 0 spiro atoms. The topological polar surface area (TPSA) is 49.2 Å². The smallest absolute Gasteiger partial charge is 0.121 e. The minimum atomic E-state index is -1.03. The molecule has 3 saturated heterocycles. The standard InChI is InChI=1S/C21H23N3O/c1-3-20-21(25,16-9-12-24(20)13-10-16)18-8-7-15(2)23-19(18)14-17-6-4-5-11-22-17/h1,4-8,11,16,20,25H,9-10,12-14H2,2H3. The van der Waals surface area contributed by atoms with E-state index in [4.69, 9.17) is 11.4 Å². The predicted molar refractivity (Wildman–Crippen MR) is 96.8 cm³/mol. The molecule has 0 radical (unpaired) electrons. The largest absolute Gasteiger partial charge is 0.382 e. The van der Waals surface area contributed by atoms with Crippen LogP contribution in [0.15, 0.2) is 36.5 Å². The Morgan fingerprint density at radius 2 is 2.08 bits per heavy atom. The zero-order valence-electron chi connectivity index (χ0n) is 14.5. The van der Waals surface area contributed by atoms with E-state index in [-0.39, 0.29) is 12.0 Å². The van der Waals surface area contributed by atoms with Crippen LogP contribution in [-0.4, -0.2) is 39.1 Å². The minimum absolute atomic E-state index is 0.186. The van der Waals surface area contributed by atoms with Crippen LogP contribution in [0.5, 0.6) is 0 Å². The Bertz CT molecular complexity index is 806. The van der Waals surface area contributed by atoms with Gasteiger partial charge in [0, 0.05) is 29.6 Å². The van der Waals surface area contributed by atoms with E-state index in [1.165, 1.54) is 0 Å². The summed E-state index contributed by atoms with van der Waals surface area (Å²) >= 11 is 0. The highest BCUT2D eigenvalue weighted by Gasteiger charge is 2.54. The molecule has 1 N–H and O–H groups in total. The van der Waals surface area contributed by atoms with Crippen LogP contribution >= 0.6 is 0 Å². The van der Waals surface area contributed by atoms with Crippen molar-refractivity contribution in [1.29, 1.82) is 0 Å². The molecule has 0 aliphatic carbocycles. The number of aromatic nitrogens is 2. The fraction of sp³-hybridized carbons (Fsp3) is 0.429. The molecule has 3 aliphatic heterocycles. The lowest BCUT2D eigenvalue weighted by Gasteiger charge is -2.54. The van der Waals surface area contributed by atoms with Crippen LogP contribution in [0.25, 0.3) is 0 Å². The number of pyridine rings is 2. The first kappa shape index (κ1) is 16.3. The summed E-state index contributed by atoms with van der Waals surface area (Å²) in [6.45, 7) is 3.92. The van der Waals surface area contributed by atoms with Gasteiger partial charge >= 0.3 is 0 Å². The van der Waals surface area contributed by atoms with E-state index in [0.717, 1.165) is 48.6 Å². The summed E-state index contributed by atoms with van der Waals surface area (Å²) in [6.07, 6.45) is 10.2. The van der Waals surface area contributed by atoms with Crippen molar-refractivity contribution < 1.29 is 5.11 Å². The second-order valence-corrected chi connectivity index (χ2v) is 7.15. The molecule has 2 bridgehead atoms. The number of aliphatic hydroxyl groups is 1. The SMILES string of the molecule is C#CC1N2CCC(CC2)C1(O)c1ccc(C)nc1Cc1ccccn1. The van der Waals surface area contributed by atoms with Crippen molar-refractivity contribution in [3.8, 4) is 12.3 Å². The van der Waals surface area contributed by atoms with Gasteiger partial charge in [0.25, 0.3) is 0 Å². The Morgan fingerprint density at radius 3 is 2.76 bits per heavy atom. The molecule has 2 atom stereocenters. The van der Waals surface area contributed by atoms with Gasteiger partial charge in [0.15, 0.2) is 0 Å². The van der Waals surface area contributed by atoms with Crippen LogP contribution in [0.4, 0.5) is 0 Å². The Kier molecular flexibility index (Phi) is 4.07. The number of rotatable bonds is 3. The van der Waals surface area contributed by atoms with Crippen LogP contribution in [0.2, 0.25) is 0 Å². The Balaban J connectivity index is 1.81. The lowest BCUT2D eigenvalue weighted by atomic mass is 9.66. The lowest BCUT2D eigenvalue weighted by molar-refractivity contribution is -0.143. The summed E-state index contributed by atoms with van der Waals surface area (Å²) in [6, 6.07) is 9.58. The molecule has 2 aromatic heterocycles. The van der Waals surface area contributed by atoms with Gasteiger partial charge < -0.3 is 5.11 Å². The number of piperidine rings is 3. The summed E-state index contributed by atoms with van der Waals surface area (Å²) in [5.74, 6) is 3.05. The van der Waals surface area contributed by atoms with E-state index in [1.807, 2.05) is 37.3 Å². The maximum Gasteiger partial charge on any atom is 0.121 e. The van der Waals surface area contributed by atoms with Crippen LogP contribution < -0.4 is 0 Å². The van der Waals surface area contributed by atoms with Crippen LogP contribution in [0.3, 0.4) is 0 Å².